The molecule has 0 spiro atoms. The number of nitro benzene ring substituents is 1. The number of halogens is 3. The Hall–Kier alpha value is -2.21. The summed E-state index contributed by atoms with van der Waals surface area (Å²) in [4.78, 5) is 14.1. The van der Waals surface area contributed by atoms with Crippen LogP contribution in [0, 0.1) is 17.0 Å². The van der Waals surface area contributed by atoms with E-state index in [2.05, 4.69) is 10.3 Å². The topological polar surface area (TPSA) is 102 Å². The second kappa shape index (κ2) is 6.59. The molecule has 25 heavy (non-hydrogen) atoms. The third kappa shape index (κ3) is 3.90. The first kappa shape index (κ1) is 19.1. The fraction of sp³-hybridized carbons (Fsp3) is 0.308. The van der Waals surface area contributed by atoms with Gasteiger partial charge in [-0.2, -0.15) is 13.2 Å². The van der Waals surface area contributed by atoms with Gasteiger partial charge in [-0.25, -0.2) is 13.4 Å². The molecule has 0 amide bonds. The van der Waals surface area contributed by atoms with Crippen molar-refractivity contribution < 1.29 is 26.5 Å². The molecule has 0 fully saturated rings. The Balaban J connectivity index is 2.42. The number of nitrogens with one attached hydrogen (secondary N) is 1. The van der Waals surface area contributed by atoms with Crippen LogP contribution < -0.4 is 5.32 Å². The summed E-state index contributed by atoms with van der Waals surface area (Å²) >= 11 is 1.35. The zero-order valence-electron chi connectivity index (χ0n) is 12.9. The van der Waals surface area contributed by atoms with E-state index in [4.69, 9.17) is 0 Å². The third-order valence-electron chi connectivity index (χ3n) is 3.16. The molecule has 0 aliphatic heterocycles. The molecule has 136 valence electrons. The molecule has 7 nitrogen and oxygen atoms in total. The lowest BCUT2D eigenvalue weighted by molar-refractivity contribution is -0.384. The molecule has 1 unspecified atom stereocenters. The van der Waals surface area contributed by atoms with E-state index >= 15 is 0 Å². The summed E-state index contributed by atoms with van der Waals surface area (Å²) in [7, 11) is -5.67. The minimum absolute atomic E-state index is 0.105. The highest BCUT2D eigenvalue weighted by molar-refractivity contribution is 7.92. The largest absolute Gasteiger partial charge is 0.501 e. The van der Waals surface area contributed by atoms with Crippen molar-refractivity contribution in [3.63, 3.8) is 0 Å². The Kier molecular flexibility index (Phi) is 5.04. The second-order valence-corrected chi connectivity index (χ2v) is 8.27. The summed E-state index contributed by atoms with van der Waals surface area (Å²) in [6.45, 7) is 3.50. The molecular weight excluding hydrogens is 383 g/mol. The van der Waals surface area contributed by atoms with E-state index in [9.17, 15) is 31.7 Å². The lowest BCUT2D eigenvalue weighted by Gasteiger charge is -2.14. The van der Waals surface area contributed by atoms with Crippen molar-refractivity contribution in [3.05, 3.63) is 44.4 Å². The van der Waals surface area contributed by atoms with Crippen LogP contribution in [-0.4, -0.2) is 23.8 Å². The smallest absolute Gasteiger partial charge is 0.371 e. The first-order valence-electron chi connectivity index (χ1n) is 6.72. The Bertz CT molecular complexity index is 909. The Labute approximate surface area is 144 Å². The molecule has 0 aliphatic rings. The number of hydrogen-bond donors (Lipinski definition) is 1. The summed E-state index contributed by atoms with van der Waals surface area (Å²) in [5.74, 6) is 0. The van der Waals surface area contributed by atoms with E-state index in [0.29, 0.717) is 17.1 Å². The molecule has 1 heterocycles. The van der Waals surface area contributed by atoms with Gasteiger partial charge < -0.3 is 5.32 Å². The number of anilines is 1. The van der Waals surface area contributed by atoms with Crippen LogP contribution >= 0.6 is 11.3 Å². The first-order valence-corrected chi connectivity index (χ1v) is 9.02. The Morgan fingerprint density at radius 2 is 2.00 bits per heavy atom. The van der Waals surface area contributed by atoms with Gasteiger partial charge in [-0.15, -0.1) is 11.3 Å². The highest BCUT2D eigenvalue weighted by Crippen LogP contribution is 2.36. The normalized spacial score (nSPS) is 13.5. The monoisotopic (exact) mass is 395 g/mol. The molecule has 1 atom stereocenters. The fourth-order valence-corrected chi connectivity index (χ4v) is 3.51. The van der Waals surface area contributed by atoms with Gasteiger partial charge in [0.2, 0.25) is 0 Å². The lowest BCUT2D eigenvalue weighted by Crippen LogP contribution is -2.23. The van der Waals surface area contributed by atoms with Crippen molar-refractivity contribution in [1.29, 1.82) is 0 Å². The molecule has 2 rings (SSSR count). The quantitative estimate of drug-likeness (QED) is 0.610. The van der Waals surface area contributed by atoms with Crippen molar-refractivity contribution in [1.82, 2.24) is 4.98 Å². The van der Waals surface area contributed by atoms with Gasteiger partial charge >= 0.3 is 5.51 Å². The van der Waals surface area contributed by atoms with Gasteiger partial charge in [0.05, 0.1) is 15.9 Å². The van der Waals surface area contributed by atoms with Gasteiger partial charge in [0, 0.05) is 17.1 Å². The number of alkyl halides is 3. The molecule has 0 bridgehead atoms. The summed E-state index contributed by atoms with van der Waals surface area (Å²) in [6.07, 6.45) is 1.62. The Morgan fingerprint density at radius 3 is 2.48 bits per heavy atom. The highest BCUT2D eigenvalue weighted by Gasteiger charge is 2.47. The van der Waals surface area contributed by atoms with Gasteiger partial charge in [0.1, 0.15) is 10.7 Å². The molecule has 1 aromatic carbocycles. The van der Waals surface area contributed by atoms with Crippen LogP contribution in [0.4, 0.5) is 24.5 Å². The molecule has 0 radical (unpaired) electrons. The number of nitro groups is 1. The maximum Gasteiger partial charge on any atom is 0.501 e. The number of sulfone groups is 1. The standard InChI is InChI=1S/C13H12F3N3O4S2/c1-7-6-17-12(24-7)8(2)18-10-4-3-9(5-11(10)19(20)21)25(22,23)13(14,15)16/h3-6,8,18H,1-2H3. The van der Waals surface area contributed by atoms with Gasteiger partial charge in [-0.1, -0.05) is 0 Å². The molecule has 0 aliphatic carbocycles. The minimum atomic E-state index is -5.67. The Morgan fingerprint density at radius 1 is 1.36 bits per heavy atom. The van der Waals surface area contributed by atoms with Crippen LogP contribution in [0.2, 0.25) is 0 Å². The molecule has 1 aromatic heterocycles. The minimum Gasteiger partial charge on any atom is -0.371 e. The number of aryl methyl sites for hydroxylation is 1. The van der Waals surface area contributed by atoms with Gasteiger partial charge in [0.25, 0.3) is 15.5 Å². The lowest BCUT2D eigenvalue weighted by atomic mass is 10.2. The van der Waals surface area contributed by atoms with Crippen molar-refractivity contribution in [3.8, 4) is 0 Å². The zero-order chi connectivity index (χ0) is 19.0. The summed E-state index contributed by atoms with van der Waals surface area (Å²) in [5, 5.41) is 14.5. The van der Waals surface area contributed by atoms with Gasteiger partial charge in [0.15, 0.2) is 0 Å². The highest BCUT2D eigenvalue weighted by atomic mass is 32.2. The maximum absolute atomic E-state index is 12.6. The van der Waals surface area contributed by atoms with E-state index in [1.807, 2.05) is 6.92 Å². The van der Waals surface area contributed by atoms with Crippen molar-refractivity contribution in [2.24, 2.45) is 0 Å². The van der Waals surface area contributed by atoms with Gasteiger partial charge in [-0.05, 0) is 26.0 Å². The van der Waals surface area contributed by atoms with Gasteiger partial charge in [-0.3, -0.25) is 10.1 Å². The van der Waals surface area contributed by atoms with Crippen LogP contribution in [-0.2, 0) is 9.84 Å². The second-order valence-electron chi connectivity index (χ2n) is 5.06. The van der Waals surface area contributed by atoms with Crippen LogP contribution in [0.5, 0.6) is 0 Å². The average molecular weight is 395 g/mol. The predicted octanol–water partition coefficient (Wildman–Crippen LogP) is 3.83. The number of aromatic nitrogens is 1. The molecule has 2 aromatic rings. The van der Waals surface area contributed by atoms with Crippen molar-refractivity contribution in [2.45, 2.75) is 30.3 Å². The summed E-state index contributed by atoms with van der Waals surface area (Å²) < 4.78 is 60.6. The average Bonchev–Trinajstić information content (AvgIpc) is 2.92. The molecular formula is C13H12F3N3O4S2. The first-order chi connectivity index (χ1) is 11.4. The number of hydrogen-bond acceptors (Lipinski definition) is 7. The summed E-state index contributed by atoms with van der Waals surface area (Å²) in [5.41, 5.74) is -6.42. The number of thiazole rings is 1. The van der Waals surface area contributed by atoms with Crippen LogP contribution in [0.15, 0.2) is 29.3 Å². The molecule has 0 saturated carbocycles. The van der Waals surface area contributed by atoms with E-state index in [0.717, 1.165) is 10.9 Å². The van der Waals surface area contributed by atoms with Crippen LogP contribution in [0.25, 0.3) is 0 Å². The van der Waals surface area contributed by atoms with Crippen LogP contribution in [0.1, 0.15) is 22.9 Å². The maximum atomic E-state index is 12.6. The zero-order valence-corrected chi connectivity index (χ0v) is 14.5. The number of benzene rings is 1. The van der Waals surface area contributed by atoms with E-state index in [1.54, 1.807) is 13.1 Å². The van der Waals surface area contributed by atoms with Crippen molar-refractivity contribution in [2.75, 3.05) is 5.32 Å². The van der Waals surface area contributed by atoms with E-state index < -0.39 is 36.9 Å². The van der Waals surface area contributed by atoms with E-state index in [-0.39, 0.29) is 5.69 Å². The van der Waals surface area contributed by atoms with Crippen molar-refractivity contribution >= 4 is 32.5 Å². The van der Waals surface area contributed by atoms with Crippen LogP contribution in [0.3, 0.4) is 0 Å². The molecule has 0 saturated heterocycles. The fourth-order valence-electron chi connectivity index (χ4n) is 1.95. The molecule has 12 heteroatoms. The summed E-state index contributed by atoms with van der Waals surface area (Å²) in [6, 6.07) is 1.55. The number of rotatable bonds is 5. The van der Waals surface area contributed by atoms with E-state index in [1.165, 1.54) is 11.3 Å². The SMILES string of the molecule is Cc1cnc(C(C)Nc2ccc(S(=O)(=O)C(F)(F)F)cc2[N+](=O)[O-])s1. The third-order valence-corrected chi connectivity index (χ3v) is 5.74. The predicted molar refractivity (Wildman–Crippen MR) is 85.2 cm³/mol. The number of nitrogens with zero attached hydrogens (tertiary/aromatic N) is 2. The molecule has 1 N–H and O–H groups in total.